The van der Waals surface area contributed by atoms with Gasteiger partial charge in [-0.2, -0.15) is 0 Å². The molecule has 0 bridgehead atoms. The van der Waals surface area contributed by atoms with Crippen LogP contribution in [0.2, 0.25) is 0 Å². The number of carbonyl (C=O) groups is 1. The van der Waals surface area contributed by atoms with E-state index in [1.54, 1.807) is 6.20 Å². The number of hydrogen-bond acceptors (Lipinski definition) is 5. The lowest BCUT2D eigenvalue weighted by Gasteiger charge is -2.31. The molecule has 5 nitrogen and oxygen atoms in total. The average molecular weight is 291 g/mol. The molecule has 5 heteroatoms. The van der Waals surface area contributed by atoms with Crippen LogP contribution in [0.4, 0.5) is 5.82 Å². The Bertz CT molecular complexity index is 465. The molecule has 1 N–H and O–H groups in total. The van der Waals surface area contributed by atoms with Crippen molar-refractivity contribution in [2.24, 2.45) is 5.92 Å². The molecular formula is C16H25N3O2. The summed E-state index contributed by atoms with van der Waals surface area (Å²) in [6.45, 7) is 7.87. The number of likely N-dealkylation sites (tertiary alicyclic amines) is 1. The van der Waals surface area contributed by atoms with E-state index in [0.29, 0.717) is 6.61 Å². The molecule has 0 spiro atoms. The maximum atomic E-state index is 11.9. The fourth-order valence-electron chi connectivity index (χ4n) is 2.79. The van der Waals surface area contributed by atoms with Crippen LogP contribution >= 0.6 is 0 Å². The van der Waals surface area contributed by atoms with Crippen LogP contribution < -0.4 is 5.32 Å². The standard InChI is InChI=1S/C16H25N3O2/c1-3-17-15-13(7-5-9-18-15)11-19-10-6-8-14(12-19)16(20)21-4-2/h5,7,9,14H,3-4,6,8,10-12H2,1-2H3,(H,17,18). The van der Waals surface area contributed by atoms with Crippen molar-refractivity contribution in [1.29, 1.82) is 0 Å². The normalized spacial score (nSPS) is 19.2. The molecule has 1 unspecified atom stereocenters. The third-order valence-electron chi connectivity index (χ3n) is 3.75. The summed E-state index contributed by atoms with van der Waals surface area (Å²) in [5, 5.41) is 3.29. The number of nitrogens with one attached hydrogen (secondary N) is 1. The molecule has 1 atom stereocenters. The average Bonchev–Trinajstić information content (AvgIpc) is 2.50. The van der Waals surface area contributed by atoms with E-state index in [0.717, 1.165) is 44.8 Å². The van der Waals surface area contributed by atoms with E-state index in [9.17, 15) is 4.79 Å². The monoisotopic (exact) mass is 291 g/mol. The molecule has 0 radical (unpaired) electrons. The second-order valence-electron chi connectivity index (χ2n) is 5.37. The van der Waals surface area contributed by atoms with E-state index < -0.39 is 0 Å². The molecule has 2 heterocycles. The van der Waals surface area contributed by atoms with E-state index in [1.165, 1.54) is 5.56 Å². The Labute approximate surface area is 126 Å². The van der Waals surface area contributed by atoms with Gasteiger partial charge in [0.05, 0.1) is 12.5 Å². The number of aromatic nitrogens is 1. The number of ether oxygens (including phenoxy) is 1. The van der Waals surface area contributed by atoms with Gasteiger partial charge in [-0.3, -0.25) is 9.69 Å². The Balaban J connectivity index is 1.98. The maximum absolute atomic E-state index is 11.9. The molecule has 0 amide bonds. The molecule has 0 aromatic carbocycles. The van der Waals surface area contributed by atoms with Gasteiger partial charge in [-0.25, -0.2) is 4.98 Å². The Kier molecular flexibility index (Phi) is 5.99. The minimum absolute atomic E-state index is 0.0120. The number of piperidine rings is 1. The van der Waals surface area contributed by atoms with Gasteiger partial charge in [0.15, 0.2) is 0 Å². The molecule has 1 aliphatic heterocycles. The summed E-state index contributed by atoms with van der Waals surface area (Å²) in [6.07, 6.45) is 3.78. The van der Waals surface area contributed by atoms with Gasteiger partial charge >= 0.3 is 5.97 Å². The quantitative estimate of drug-likeness (QED) is 0.815. The van der Waals surface area contributed by atoms with Crippen LogP contribution in [0, 0.1) is 5.92 Å². The highest BCUT2D eigenvalue weighted by Gasteiger charge is 2.27. The van der Waals surface area contributed by atoms with Gasteiger partial charge < -0.3 is 10.1 Å². The van der Waals surface area contributed by atoms with E-state index in [4.69, 9.17) is 4.74 Å². The Hall–Kier alpha value is -1.62. The zero-order valence-electron chi connectivity index (χ0n) is 13.0. The van der Waals surface area contributed by atoms with Crippen molar-refractivity contribution in [3.8, 4) is 0 Å². The van der Waals surface area contributed by atoms with E-state index in [-0.39, 0.29) is 11.9 Å². The molecule has 1 aromatic rings. The molecular weight excluding hydrogens is 266 g/mol. The van der Waals surface area contributed by atoms with Gasteiger partial charge in [-0.1, -0.05) is 6.07 Å². The molecule has 1 saturated heterocycles. The first-order valence-electron chi connectivity index (χ1n) is 7.81. The van der Waals surface area contributed by atoms with Crippen molar-refractivity contribution in [2.75, 3.05) is 31.6 Å². The summed E-state index contributed by atoms with van der Waals surface area (Å²) in [5.41, 5.74) is 1.18. The second kappa shape index (κ2) is 7.98. The number of carbonyl (C=O) groups excluding carboxylic acids is 1. The first kappa shape index (κ1) is 15.8. The van der Waals surface area contributed by atoms with Gasteiger partial charge in [0, 0.05) is 31.4 Å². The lowest BCUT2D eigenvalue weighted by molar-refractivity contribution is -0.150. The fraction of sp³-hybridized carbons (Fsp3) is 0.625. The highest BCUT2D eigenvalue weighted by Crippen LogP contribution is 2.21. The summed E-state index contributed by atoms with van der Waals surface area (Å²) in [4.78, 5) is 18.6. The van der Waals surface area contributed by atoms with Crippen LogP contribution in [-0.4, -0.2) is 42.1 Å². The highest BCUT2D eigenvalue weighted by atomic mass is 16.5. The molecule has 0 aliphatic carbocycles. The highest BCUT2D eigenvalue weighted by molar-refractivity contribution is 5.72. The van der Waals surface area contributed by atoms with Crippen LogP contribution in [0.15, 0.2) is 18.3 Å². The van der Waals surface area contributed by atoms with Crippen molar-refractivity contribution in [1.82, 2.24) is 9.88 Å². The van der Waals surface area contributed by atoms with Gasteiger partial charge in [0.25, 0.3) is 0 Å². The lowest BCUT2D eigenvalue weighted by Crippen LogP contribution is -2.39. The number of pyridine rings is 1. The van der Waals surface area contributed by atoms with E-state index in [2.05, 4.69) is 28.2 Å². The molecule has 116 valence electrons. The third-order valence-corrected chi connectivity index (χ3v) is 3.75. The smallest absolute Gasteiger partial charge is 0.310 e. The van der Waals surface area contributed by atoms with Crippen LogP contribution in [-0.2, 0) is 16.1 Å². The number of rotatable bonds is 6. The number of nitrogens with zero attached hydrogens (tertiary/aromatic N) is 2. The Morgan fingerprint density at radius 1 is 1.52 bits per heavy atom. The largest absolute Gasteiger partial charge is 0.466 e. The molecule has 1 aromatic heterocycles. The van der Waals surface area contributed by atoms with E-state index >= 15 is 0 Å². The zero-order chi connectivity index (χ0) is 15.1. The first-order chi connectivity index (χ1) is 10.2. The van der Waals surface area contributed by atoms with Gasteiger partial charge in [-0.15, -0.1) is 0 Å². The van der Waals surface area contributed by atoms with Crippen molar-refractivity contribution < 1.29 is 9.53 Å². The molecule has 2 rings (SSSR count). The predicted octanol–water partition coefficient (Wildman–Crippen LogP) is 2.29. The minimum atomic E-state index is -0.0553. The van der Waals surface area contributed by atoms with Gasteiger partial charge in [0.2, 0.25) is 0 Å². The summed E-state index contributed by atoms with van der Waals surface area (Å²) in [7, 11) is 0. The number of hydrogen-bond donors (Lipinski definition) is 1. The predicted molar refractivity (Wildman–Crippen MR) is 83.0 cm³/mol. The third kappa shape index (κ3) is 4.43. The van der Waals surface area contributed by atoms with Crippen molar-refractivity contribution in [3.05, 3.63) is 23.9 Å². The Morgan fingerprint density at radius 2 is 2.38 bits per heavy atom. The topological polar surface area (TPSA) is 54.5 Å². The minimum Gasteiger partial charge on any atom is -0.466 e. The molecule has 21 heavy (non-hydrogen) atoms. The van der Waals surface area contributed by atoms with Gasteiger partial charge in [-0.05, 0) is 39.3 Å². The zero-order valence-corrected chi connectivity index (χ0v) is 13.0. The van der Waals surface area contributed by atoms with Crippen molar-refractivity contribution in [2.45, 2.75) is 33.2 Å². The number of anilines is 1. The number of esters is 1. The maximum Gasteiger partial charge on any atom is 0.310 e. The SMILES string of the molecule is CCNc1ncccc1CN1CCCC(C(=O)OCC)C1. The van der Waals surface area contributed by atoms with Gasteiger partial charge in [0.1, 0.15) is 5.82 Å². The lowest BCUT2D eigenvalue weighted by atomic mass is 9.98. The molecule has 0 saturated carbocycles. The summed E-state index contributed by atoms with van der Waals surface area (Å²) in [5.74, 6) is 0.900. The first-order valence-corrected chi connectivity index (χ1v) is 7.81. The van der Waals surface area contributed by atoms with Crippen LogP contribution in [0.1, 0.15) is 32.3 Å². The van der Waals surface area contributed by atoms with Crippen LogP contribution in [0.3, 0.4) is 0 Å². The van der Waals surface area contributed by atoms with Crippen LogP contribution in [0.25, 0.3) is 0 Å². The van der Waals surface area contributed by atoms with E-state index in [1.807, 2.05) is 13.0 Å². The summed E-state index contributed by atoms with van der Waals surface area (Å²) in [6, 6.07) is 4.06. The van der Waals surface area contributed by atoms with Crippen LogP contribution in [0.5, 0.6) is 0 Å². The fourth-order valence-corrected chi connectivity index (χ4v) is 2.79. The Morgan fingerprint density at radius 3 is 3.14 bits per heavy atom. The van der Waals surface area contributed by atoms with Crippen molar-refractivity contribution >= 4 is 11.8 Å². The molecule has 1 fully saturated rings. The second-order valence-corrected chi connectivity index (χ2v) is 5.37. The molecule has 1 aliphatic rings. The summed E-state index contributed by atoms with van der Waals surface area (Å²) < 4.78 is 5.15. The van der Waals surface area contributed by atoms with Crippen molar-refractivity contribution in [3.63, 3.8) is 0 Å². The summed E-state index contributed by atoms with van der Waals surface area (Å²) >= 11 is 0.